The average Bonchev–Trinajstić information content (AvgIpc) is 2.81. The van der Waals surface area contributed by atoms with Crippen LogP contribution < -0.4 is 10.7 Å². The predicted octanol–water partition coefficient (Wildman–Crippen LogP) is 3.16. The van der Waals surface area contributed by atoms with Crippen molar-refractivity contribution in [3.63, 3.8) is 0 Å². The Morgan fingerprint density at radius 3 is 2.75 bits per heavy atom. The number of para-hydroxylation sites is 1. The number of rotatable bonds is 3. The van der Waals surface area contributed by atoms with E-state index in [0.29, 0.717) is 10.8 Å². The number of hydrogen-bond acceptors (Lipinski definition) is 4. The number of hydrogen-bond donors (Lipinski definition) is 1. The fourth-order valence-corrected chi connectivity index (χ4v) is 3.37. The van der Waals surface area contributed by atoms with Crippen molar-refractivity contribution < 1.29 is 9.18 Å². The van der Waals surface area contributed by atoms with Crippen molar-refractivity contribution in [2.45, 2.75) is 27.3 Å². The van der Waals surface area contributed by atoms with Gasteiger partial charge in [0.25, 0.3) is 0 Å². The van der Waals surface area contributed by atoms with E-state index in [-0.39, 0.29) is 28.8 Å². The summed E-state index contributed by atoms with van der Waals surface area (Å²) in [4.78, 5) is 29.7. The van der Waals surface area contributed by atoms with Gasteiger partial charge in [0, 0.05) is 22.0 Å². The highest BCUT2D eigenvalue weighted by Crippen LogP contribution is 2.21. The fourth-order valence-electron chi connectivity index (χ4n) is 2.54. The van der Waals surface area contributed by atoms with Crippen LogP contribution in [0, 0.1) is 26.6 Å². The number of benzene rings is 1. The quantitative estimate of drug-likeness (QED) is 0.793. The second-order valence-corrected chi connectivity index (χ2v) is 6.78. The molecule has 0 aliphatic rings. The molecular weight excluding hydrogens is 329 g/mol. The predicted molar refractivity (Wildman–Crippen MR) is 93.1 cm³/mol. The van der Waals surface area contributed by atoms with Gasteiger partial charge in [-0.1, -0.05) is 6.07 Å². The molecule has 3 rings (SSSR count). The van der Waals surface area contributed by atoms with Gasteiger partial charge in [-0.3, -0.25) is 9.59 Å². The smallest absolute Gasteiger partial charge is 0.246 e. The number of pyridine rings is 1. The van der Waals surface area contributed by atoms with Gasteiger partial charge >= 0.3 is 0 Å². The molecule has 124 valence electrons. The first kappa shape index (κ1) is 16.3. The summed E-state index contributed by atoms with van der Waals surface area (Å²) in [6.45, 7) is 5.38. The minimum Gasteiger partial charge on any atom is -0.333 e. The highest BCUT2D eigenvalue weighted by atomic mass is 32.1. The summed E-state index contributed by atoms with van der Waals surface area (Å²) in [6.07, 6.45) is 0. The average molecular weight is 345 g/mol. The molecule has 0 radical (unpaired) electrons. The van der Waals surface area contributed by atoms with E-state index in [2.05, 4.69) is 10.3 Å². The number of carbonyl (C=O) groups excluding carboxylic acids is 1. The van der Waals surface area contributed by atoms with Gasteiger partial charge in [0.15, 0.2) is 10.6 Å². The summed E-state index contributed by atoms with van der Waals surface area (Å²) < 4.78 is 15.7. The van der Waals surface area contributed by atoms with Crippen molar-refractivity contribution >= 4 is 33.3 Å². The Labute approximate surface area is 141 Å². The van der Waals surface area contributed by atoms with Crippen molar-refractivity contribution in [2.75, 3.05) is 5.32 Å². The molecule has 0 bridgehead atoms. The number of thiazole rings is 1. The van der Waals surface area contributed by atoms with E-state index in [9.17, 15) is 14.0 Å². The summed E-state index contributed by atoms with van der Waals surface area (Å²) in [5.74, 6) is -0.845. The van der Waals surface area contributed by atoms with E-state index in [1.165, 1.54) is 34.1 Å². The monoisotopic (exact) mass is 345 g/mol. The van der Waals surface area contributed by atoms with Gasteiger partial charge in [0.2, 0.25) is 5.91 Å². The first-order valence-corrected chi connectivity index (χ1v) is 8.21. The van der Waals surface area contributed by atoms with Gasteiger partial charge in [-0.05, 0) is 32.9 Å². The number of amides is 1. The lowest BCUT2D eigenvalue weighted by molar-refractivity contribution is -0.116. The Balaban J connectivity index is 1.97. The maximum atomic E-state index is 14.2. The molecule has 2 heterocycles. The van der Waals surface area contributed by atoms with Crippen LogP contribution in [0.5, 0.6) is 0 Å². The first-order valence-electron chi connectivity index (χ1n) is 7.39. The Kier molecular flexibility index (Phi) is 4.19. The van der Waals surface area contributed by atoms with Crippen molar-refractivity contribution in [2.24, 2.45) is 0 Å². The second kappa shape index (κ2) is 6.16. The van der Waals surface area contributed by atoms with Crippen LogP contribution in [-0.2, 0) is 11.3 Å². The van der Waals surface area contributed by atoms with Crippen LogP contribution in [0.4, 0.5) is 9.52 Å². The number of nitrogens with zero attached hydrogens (tertiary/aromatic N) is 2. The Bertz CT molecular complexity index is 987. The van der Waals surface area contributed by atoms with Gasteiger partial charge in [0.05, 0.1) is 11.2 Å². The maximum Gasteiger partial charge on any atom is 0.246 e. The van der Waals surface area contributed by atoms with Crippen LogP contribution >= 0.6 is 11.3 Å². The van der Waals surface area contributed by atoms with Gasteiger partial charge in [-0.25, -0.2) is 9.37 Å². The number of anilines is 1. The molecule has 0 unspecified atom stereocenters. The Hall–Kier alpha value is -2.54. The van der Waals surface area contributed by atoms with Crippen LogP contribution in [0.15, 0.2) is 29.1 Å². The van der Waals surface area contributed by atoms with E-state index in [4.69, 9.17) is 0 Å². The molecular formula is C17H16FN3O2S. The maximum absolute atomic E-state index is 14.2. The zero-order chi connectivity index (χ0) is 17.4. The lowest BCUT2D eigenvalue weighted by Gasteiger charge is -2.14. The van der Waals surface area contributed by atoms with E-state index >= 15 is 0 Å². The van der Waals surface area contributed by atoms with Crippen molar-refractivity contribution in [3.05, 3.63) is 56.6 Å². The zero-order valence-corrected chi connectivity index (χ0v) is 14.3. The van der Waals surface area contributed by atoms with E-state index in [0.717, 1.165) is 10.6 Å². The molecule has 3 aromatic rings. The molecule has 24 heavy (non-hydrogen) atoms. The molecule has 1 N–H and O–H groups in total. The Morgan fingerprint density at radius 1 is 1.33 bits per heavy atom. The largest absolute Gasteiger partial charge is 0.333 e. The minimum atomic E-state index is -0.526. The molecule has 0 aliphatic carbocycles. The number of aromatic nitrogens is 2. The molecule has 0 saturated heterocycles. The zero-order valence-electron chi connectivity index (χ0n) is 13.5. The summed E-state index contributed by atoms with van der Waals surface area (Å²) in [5.41, 5.74) is 1.28. The van der Waals surface area contributed by atoms with Crippen molar-refractivity contribution in [1.29, 1.82) is 0 Å². The van der Waals surface area contributed by atoms with Gasteiger partial charge in [-0.2, -0.15) is 0 Å². The SMILES string of the molecule is Cc1nc(NC(=O)Cn2c(C)cc(=O)c3cccc(F)c32)sc1C. The normalized spacial score (nSPS) is 11.0. The molecule has 1 amide bonds. The summed E-state index contributed by atoms with van der Waals surface area (Å²) >= 11 is 1.39. The summed E-state index contributed by atoms with van der Waals surface area (Å²) in [7, 11) is 0. The third kappa shape index (κ3) is 2.94. The molecule has 5 nitrogen and oxygen atoms in total. The molecule has 2 aromatic heterocycles. The van der Waals surface area contributed by atoms with Crippen molar-refractivity contribution in [3.8, 4) is 0 Å². The number of carbonyl (C=O) groups is 1. The molecule has 0 saturated carbocycles. The van der Waals surface area contributed by atoms with Gasteiger partial charge in [0.1, 0.15) is 12.4 Å². The highest BCUT2D eigenvalue weighted by Gasteiger charge is 2.14. The number of fused-ring (bicyclic) bond motifs is 1. The molecule has 0 atom stereocenters. The van der Waals surface area contributed by atoms with Gasteiger partial charge in [-0.15, -0.1) is 11.3 Å². The summed E-state index contributed by atoms with van der Waals surface area (Å²) in [5, 5.41) is 3.50. The molecule has 1 aromatic carbocycles. The molecule has 0 spiro atoms. The van der Waals surface area contributed by atoms with Crippen LogP contribution in [0.3, 0.4) is 0 Å². The number of halogens is 1. The molecule has 0 aliphatic heterocycles. The highest BCUT2D eigenvalue weighted by molar-refractivity contribution is 7.15. The van der Waals surface area contributed by atoms with Gasteiger partial charge < -0.3 is 9.88 Å². The third-order valence-electron chi connectivity index (χ3n) is 3.86. The van der Waals surface area contributed by atoms with Crippen molar-refractivity contribution in [1.82, 2.24) is 9.55 Å². The lowest BCUT2D eigenvalue weighted by Crippen LogP contribution is -2.22. The first-order chi connectivity index (χ1) is 11.4. The third-order valence-corrected chi connectivity index (χ3v) is 4.85. The van der Waals surface area contributed by atoms with Crippen LogP contribution in [-0.4, -0.2) is 15.5 Å². The van der Waals surface area contributed by atoms with E-state index < -0.39 is 5.82 Å². The second-order valence-electron chi connectivity index (χ2n) is 5.58. The molecule has 0 fully saturated rings. The number of nitrogens with one attached hydrogen (secondary N) is 1. The lowest BCUT2D eigenvalue weighted by atomic mass is 10.1. The minimum absolute atomic E-state index is 0.0960. The molecule has 7 heteroatoms. The fraction of sp³-hybridized carbons (Fsp3) is 0.235. The number of aryl methyl sites for hydroxylation is 3. The standard InChI is InChI=1S/C17H16FN3O2S/c1-9-7-14(22)12-5-4-6-13(18)16(12)21(9)8-15(23)20-17-19-10(2)11(3)24-17/h4-7H,8H2,1-3H3,(H,19,20,23). The van der Waals surface area contributed by atoms with Crippen LogP contribution in [0.2, 0.25) is 0 Å². The Morgan fingerprint density at radius 2 is 2.08 bits per heavy atom. The van der Waals surface area contributed by atoms with Crippen LogP contribution in [0.25, 0.3) is 10.9 Å². The van der Waals surface area contributed by atoms with E-state index in [1.807, 2.05) is 13.8 Å². The van der Waals surface area contributed by atoms with E-state index in [1.54, 1.807) is 13.0 Å². The summed E-state index contributed by atoms with van der Waals surface area (Å²) in [6, 6.07) is 5.73. The van der Waals surface area contributed by atoms with Crippen LogP contribution in [0.1, 0.15) is 16.3 Å². The topological polar surface area (TPSA) is 64.0 Å².